The Bertz CT molecular complexity index is 1100. The molecule has 146 valence electrons. The fourth-order valence-corrected chi connectivity index (χ4v) is 3.57. The summed E-state index contributed by atoms with van der Waals surface area (Å²) in [5.74, 6) is -0.690. The smallest absolute Gasteiger partial charge is 0.306 e. The Morgan fingerprint density at radius 3 is 2.68 bits per heavy atom. The number of hydrogen-bond donors (Lipinski definition) is 1. The van der Waals surface area contributed by atoms with Crippen LogP contribution < -0.4 is 10.9 Å². The molecular weight excluding hydrogens is 438 g/mol. The van der Waals surface area contributed by atoms with E-state index in [2.05, 4.69) is 10.3 Å². The first-order chi connectivity index (χ1) is 13.1. The van der Waals surface area contributed by atoms with Crippen molar-refractivity contribution in [3.8, 4) is 11.3 Å². The second kappa shape index (κ2) is 7.94. The Morgan fingerprint density at radius 1 is 1.25 bits per heavy atom. The van der Waals surface area contributed by atoms with Crippen LogP contribution >= 0.6 is 34.5 Å². The van der Waals surface area contributed by atoms with E-state index in [1.54, 1.807) is 23.6 Å². The monoisotopic (exact) mass is 447 g/mol. The number of thiazole rings is 1. The minimum absolute atomic E-state index is 0.214. The van der Waals surface area contributed by atoms with E-state index in [9.17, 15) is 22.8 Å². The molecule has 2 heterocycles. The number of amides is 1. The summed E-state index contributed by atoms with van der Waals surface area (Å²) >= 11 is 13.1. The molecule has 1 aromatic carbocycles. The van der Waals surface area contributed by atoms with Gasteiger partial charge in [-0.2, -0.15) is 13.2 Å². The third-order valence-corrected chi connectivity index (χ3v) is 4.90. The van der Waals surface area contributed by atoms with Crippen LogP contribution in [0, 0.1) is 0 Å². The van der Waals surface area contributed by atoms with Crippen molar-refractivity contribution < 1.29 is 18.0 Å². The number of carbonyl (C=O) groups is 1. The lowest BCUT2D eigenvalue weighted by molar-refractivity contribution is -0.139. The SMILES string of the molecule is O=C(Cn1cccc(C(F)(F)F)c1=O)Nc1nc(-c2ccc(Cl)cc2Cl)cs1. The number of nitrogens with zero attached hydrogens (tertiary/aromatic N) is 2. The summed E-state index contributed by atoms with van der Waals surface area (Å²) in [6, 6.07) is 6.59. The highest BCUT2D eigenvalue weighted by molar-refractivity contribution is 7.14. The average molecular weight is 448 g/mol. The van der Waals surface area contributed by atoms with Gasteiger partial charge in [0.1, 0.15) is 12.1 Å². The Morgan fingerprint density at radius 2 is 2.00 bits per heavy atom. The fourth-order valence-electron chi connectivity index (χ4n) is 2.34. The number of benzene rings is 1. The number of hydrogen-bond acceptors (Lipinski definition) is 4. The standard InChI is InChI=1S/C17H10Cl2F3N3O2S/c18-9-3-4-10(12(19)6-9)13-8-28-16(23-13)24-14(26)7-25-5-1-2-11(15(25)27)17(20,21)22/h1-6,8H,7H2,(H,23,24,26). The van der Waals surface area contributed by atoms with Crippen LogP contribution in [0.1, 0.15) is 5.56 Å². The van der Waals surface area contributed by atoms with Crippen molar-refractivity contribution in [1.29, 1.82) is 0 Å². The van der Waals surface area contributed by atoms with Crippen LogP contribution in [0.4, 0.5) is 18.3 Å². The van der Waals surface area contributed by atoms with E-state index in [0.717, 1.165) is 23.6 Å². The van der Waals surface area contributed by atoms with E-state index >= 15 is 0 Å². The molecule has 0 unspecified atom stereocenters. The van der Waals surface area contributed by atoms with Crippen LogP contribution in [-0.2, 0) is 17.5 Å². The molecule has 3 rings (SSSR count). The molecule has 0 aliphatic rings. The van der Waals surface area contributed by atoms with Gasteiger partial charge in [0.25, 0.3) is 5.56 Å². The van der Waals surface area contributed by atoms with Gasteiger partial charge in [0.15, 0.2) is 5.13 Å². The first kappa shape index (κ1) is 20.4. The molecule has 0 radical (unpaired) electrons. The van der Waals surface area contributed by atoms with Crippen LogP contribution in [0.5, 0.6) is 0 Å². The van der Waals surface area contributed by atoms with Crippen LogP contribution in [0.25, 0.3) is 11.3 Å². The number of anilines is 1. The molecule has 5 nitrogen and oxygen atoms in total. The summed E-state index contributed by atoms with van der Waals surface area (Å²) < 4.78 is 39.1. The number of alkyl halides is 3. The summed E-state index contributed by atoms with van der Waals surface area (Å²) in [5, 5.41) is 5.17. The highest BCUT2D eigenvalue weighted by atomic mass is 35.5. The van der Waals surface area contributed by atoms with Gasteiger partial charge in [-0.05, 0) is 30.3 Å². The first-order valence-electron chi connectivity index (χ1n) is 7.62. The second-order valence-electron chi connectivity index (χ2n) is 5.56. The van der Waals surface area contributed by atoms with Gasteiger partial charge in [-0.15, -0.1) is 11.3 Å². The Kier molecular flexibility index (Phi) is 5.78. The first-order valence-corrected chi connectivity index (χ1v) is 9.26. The van der Waals surface area contributed by atoms with Crippen molar-refractivity contribution in [2.45, 2.75) is 12.7 Å². The van der Waals surface area contributed by atoms with Gasteiger partial charge in [-0.3, -0.25) is 9.59 Å². The van der Waals surface area contributed by atoms with Crippen molar-refractivity contribution in [2.24, 2.45) is 0 Å². The molecule has 0 fully saturated rings. The van der Waals surface area contributed by atoms with Gasteiger partial charge in [0.2, 0.25) is 5.91 Å². The normalized spacial score (nSPS) is 11.5. The molecule has 28 heavy (non-hydrogen) atoms. The summed E-state index contributed by atoms with van der Waals surface area (Å²) in [7, 11) is 0. The number of halogens is 5. The lowest BCUT2D eigenvalue weighted by atomic mass is 10.2. The summed E-state index contributed by atoms with van der Waals surface area (Å²) in [5.41, 5.74) is -1.52. The minimum atomic E-state index is -4.79. The number of nitrogens with one attached hydrogen (secondary N) is 1. The third kappa shape index (κ3) is 4.54. The van der Waals surface area contributed by atoms with Gasteiger partial charge in [-0.25, -0.2) is 4.98 Å². The van der Waals surface area contributed by atoms with E-state index in [1.165, 1.54) is 0 Å². The Balaban J connectivity index is 1.75. The van der Waals surface area contributed by atoms with Gasteiger partial charge < -0.3 is 9.88 Å². The number of carbonyl (C=O) groups excluding carboxylic acids is 1. The summed E-state index contributed by atoms with van der Waals surface area (Å²) in [4.78, 5) is 28.2. The molecule has 2 aromatic heterocycles. The van der Waals surface area contributed by atoms with Crippen molar-refractivity contribution in [3.63, 3.8) is 0 Å². The molecule has 0 spiro atoms. The van der Waals surface area contributed by atoms with E-state index < -0.39 is 29.8 Å². The third-order valence-electron chi connectivity index (χ3n) is 3.60. The molecule has 1 N–H and O–H groups in total. The van der Waals surface area contributed by atoms with E-state index in [-0.39, 0.29) is 5.13 Å². The zero-order valence-corrected chi connectivity index (χ0v) is 16.1. The number of rotatable bonds is 4. The Labute approximate surface area is 170 Å². The maximum atomic E-state index is 12.8. The maximum Gasteiger partial charge on any atom is 0.421 e. The van der Waals surface area contributed by atoms with Crippen molar-refractivity contribution in [1.82, 2.24) is 9.55 Å². The van der Waals surface area contributed by atoms with Crippen LogP contribution in [0.3, 0.4) is 0 Å². The quantitative estimate of drug-likeness (QED) is 0.616. The van der Waals surface area contributed by atoms with E-state index in [0.29, 0.717) is 31.9 Å². The van der Waals surface area contributed by atoms with Gasteiger partial charge in [-0.1, -0.05) is 23.2 Å². The molecule has 0 atom stereocenters. The van der Waals surface area contributed by atoms with Crippen molar-refractivity contribution in [2.75, 3.05) is 5.32 Å². The number of pyridine rings is 1. The van der Waals surface area contributed by atoms with Crippen LogP contribution in [0.2, 0.25) is 10.0 Å². The zero-order chi connectivity index (χ0) is 20.5. The molecule has 0 aliphatic carbocycles. The minimum Gasteiger partial charge on any atom is -0.306 e. The fraction of sp³-hybridized carbons (Fsp3) is 0.118. The summed E-state index contributed by atoms with van der Waals surface area (Å²) in [6.45, 7) is -0.584. The van der Waals surface area contributed by atoms with Crippen molar-refractivity contribution >= 4 is 45.6 Å². The molecule has 11 heteroatoms. The topological polar surface area (TPSA) is 64.0 Å². The van der Waals surface area contributed by atoms with E-state index in [4.69, 9.17) is 23.2 Å². The zero-order valence-electron chi connectivity index (χ0n) is 13.8. The Hall–Kier alpha value is -2.36. The van der Waals surface area contributed by atoms with Crippen LogP contribution in [-0.4, -0.2) is 15.5 Å². The number of aromatic nitrogens is 2. The lowest BCUT2D eigenvalue weighted by Gasteiger charge is -2.09. The molecular formula is C17H10Cl2F3N3O2S. The molecule has 0 bridgehead atoms. The lowest BCUT2D eigenvalue weighted by Crippen LogP contribution is -2.31. The van der Waals surface area contributed by atoms with Gasteiger partial charge >= 0.3 is 6.18 Å². The van der Waals surface area contributed by atoms with Gasteiger partial charge in [0.05, 0.1) is 10.7 Å². The predicted molar refractivity (Wildman–Crippen MR) is 102 cm³/mol. The highest BCUT2D eigenvalue weighted by Crippen LogP contribution is 2.32. The maximum absolute atomic E-state index is 12.8. The molecule has 1 amide bonds. The second-order valence-corrected chi connectivity index (χ2v) is 7.26. The summed E-state index contributed by atoms with van der Waals surface area (Å²) in [6.07, 6.45) is -3.68. The van der Waals surface area contributed by atoms with E-state index in [1.807, 2.05) is 0 Å². The van der Waals surface area contributed by atoms with Crippen molar-refractivity contribution in [3.05, 3.63) is 67.9 Å². The highest BCUT2D eigenvalue weighted by Gasteiger charge is 2.34. The largest absolute Gasteiger partial charge is 0.421 e. The predicted octanol–water partition coefficient (Wildman–Crippen LogP) is 4.94. The molecule has 0 saturated heterocycles. The molecule has 0 aliphatic heterocycles. The molecule has 0 saturated carbocycles. The molecule has 3 aromatic rings. The van der Waals surface area contributed by atoms with Gasteiger partial charge in [0, 0.05) is 22.2 Å². The van der Waals surface area contributed by atoms with Crippen LogP contribution in [0.15, 0.2) is 46.7 Å². The average Bonchev–Trinajstić information content (AvgIpc) is 3.03.